The van der Waals surface area contributed by atoms with Crippen LogP contribution < -0.4 is 5.56 Å². The first kappa shape index (κ1) is 22.3. The van der Waals surface area contributed by atoms with Gasteiger partial charge in [0, 0.05) is 24.7 Å². The Morgan fingerprint density at radius 1 is 0.971 bits per heavy atom. The third-order valence-corrected chi connectivity index (χ3v) is 9.42. The number of hydrogen-bond acceptors (Lipinski definition) is 5. The second kappa shape index (κ2) is 9.10. The number of ether oxygens (including phenoxy) is 1. The van der Waals surface area contributed by atoms with Crippen molar-refractivity contribution in [3.05, 3.63) is 40.3 Å². The summed E-state index contributed by atoms with van der Waals surface area (Å²) in [6.07, 6.45) is 13.0. The highest BCUT2D eigenvalue weighted by molar-refractivity contribution is 5.89. The minimum Gasteiger partial charge on any atom is -0.461 e. The van der Waals surface area contributed by atoms with Gasteiger partial charge in [0.1, 0.15) is 0 Å². The molecule has 0 N–H and O–H groups in total. The standard InChI is InChI=1S/C28H37N3O3/c1-2-34-28(33)26-27(32)31(25-12-4-3-11-24(25)29-26)22-15-20-13-14-21(16-22)30(20)17-23-18-7-5-8-19(23)10-6-9-18/h3-4,11-12,18-23H,2,5-10,13-17H2,1H3/t18?,19?,20-,21+,22+,23?. The van der Waals surface area contributed by atoms with Crippen LogP contribution in [0.3, 0.4) is 0 Å². The SMILES string of the molecule is CCOC(=O)c1nc2ccccc2n([C@H]2C[C@H]3CC[C@@H](C2)N3CC2C3CCCC2CCC3)c1=O. The molecular formula is C28H37N3O3. The van der Waals surface area contributed by atoms with Crippen LogP contribution in [0, 0.1) is 17.8 Å². The number of aromatic nitrogens is 2. The predicted octanol–water partition coefficient (Wildman–Crippen LogP) is 4.96. The molecule has 6 rings (SSSR count). The molecule has 1 aromatic carbocycles. The van der Waals surface area contributed by atoms with Crippen molar-refractivity contribution in [1.29, 1.82) is 0 Å². The molecule has 0 radical (unpaired) electrons. The summed E-state index contributed by atoms with van der Waals surface area (Å²) < 4.78 is 7.05. The van der Waals surface area contributed by atoms with Gasteiger partial charge >= 0.3 is 5.97 Å². The zero-order chi connectivity index (χ0) is 23.2. The lowest BCUT2D eigenvalue weighted by molar-refractivity contribution is 0.0181. The normalized spacial score (nSPS) is 33.2. The average Bonchev–Trinajstić information content (AvgIpc) is 3.05. The molecule has 0 unspecified atom stereocenters. The molecule has 6 nitrogen and oxygen atoms in total. The Morgan fingerprint density at radius 3 is 2.26 bits per heavy atom. The van der Waals surface area contributed by atoms with Gasteiger partial charge in [0.05, 0.1) is 17.6 Å². The van der Waals surface area contributed by atoms with E-state index in [1.807, 2.05) is 28.8 Å². The van der Waals surface area contributed by atoms with E-state index in [4.69, 9.17) is 4.74 Å². The Hall–Kier alpha value is -2.21. The molecule has 6 heteroatoms. The summed E-state index contributed by atoms with van der Waals surface area (Å²) in [6.45, 7) is 3.25. The summed E-state index contributed by atoms with van der Waals surface area (Å²) in [4.78, 5) is 33.3. The van der Waals surface area contributed by atoms with Crippen LogP contribution in [0.5, 0.6) is 0 Å². The molecule has 0 amide bonds. The van der Waals surface area contributed by atoms with E-state index < -0.39 is 5.97 Å². The molecule has 1 aromatic heterocycles. The van der Waals surface area contributed by atoms with Crippen molar-refractivity contribution in [3.63, 3.8) is 0 Å². The molecule has 2 aliphatic carbocycles. The topological polar surface area (TPSA) is 64.4 Å². The lowest BCUT2D eigenvalue weighted by Gasteiger charge is -2.48. The van der Waals surface area contributed by atoms with Crippen LogP contribution in [0.15, 0.2) is 29.1 Å². The van der Waals surface area contributed by atoms with Crippen LogP contribution in [-0.2, 0) is 4.74 Å². The zero-order valence-corrected chi connectivity index (χ0v) is 20.3. The molecule has 182 valence electrons. The number of carbonyl (C=O) groups excluding carboxylic acids is 1. The summed E-state index contributed by atoms with van der Waals surface area (Å²) >= 11 is 0. The smallest absolute Gasteiger partial charge is 0.362 e. The highest BCUT2D eigenvalue weighted by Crippen LogP contribution is 2.48. The highest BCUT2D eigenvalue weighted by atomic mass is 16.5. The molecule has 4 aliphatic rings. The molecule has 2 saturated heterocycles. The largest absolute Gasteiger partial charge is 0.461 e. The van der Waals surface area contributed by atoms with E-state index in [9.17, 15) is 9.59 Å². The second-order valence-electron chi connectivity index (χ2n) is 11.1. The first-order valence-electron chi connectivity index (χ1n) is 13.6. The number of rotatable bonds is 5. The lowest BCUT2D eigenvalue weighted by Crippen LogP contribution is -2.50. The van der Waals surface area contributed by atoms with Crippen molar-refractivity contribution in [2.45, 2.75) is 89.3 Å². The van der Waals surface area contributed by atoms with Gasteiger partial charge in [0.15, 0.2) is 0 Å². The van der Waals surface area contributed by atoms with Crippen molar-refractivity contribution in [3.8, 4) is 0 Å². The predicted molar refractivity (Wildman–Crippen MR) is 132 cm³/mol. The van der Waals surface area contributed by atoms with Gasteiger partial charge in [-0.25, -0.2) is 9.78 Å². The first-order valence-corrected chi connectivity index (χ1v) is 13.6. The Labute approximate surface area is 201 Å². The summed E-state index contributed by atoms with van der Waals surface area (Å²) in [5, 5.41) is 0. The minimum atomic E-state index is -0.615. The third kappa shape index (κ3) is 3.78. The number of para-hydroxylation sites is 2. The summed E-state index contributed by atoms with van der Waals surface area (Å²) in [6, 6.07) is 8.90. The van der Waals surface area contributed by atoms with Gasteiger partial charge in [-0.2, -0.15) is 0 Å². The van der Waals surface area contributed by atoms with E-state index in [2.05, 4.69) is 9.88 Å². The van der Waals surface area contributed by atoms with Crippen molar-refractivity contribution >= 4 is 17.0 Å². The molecule has 3 heterocycles. The molecule has 4 bridgehead atoms. The number of benzene rings is 1. The van der Waals surface area contributed by atoms with Gasteiger partial charge in [-0.15, -0.1) is 0 Å². The van der Waals surface area contributed by atoms with Crippen LogP contribution in [0.1, 0.15) is 87.7 Å². The molecule has 2 saturated carbocycles. The Kier molecular flexibility index (Phi) is 5.96. The van der Waals surface area contributed by atoms with Crippen LogP contribution in [0.2, 0.25) is 0 Å². The molecule has 2 aromatic rings. The molecule has 0 spiro atoms. The minimum absolute atomic E-state index is 0.0784. The fourth-order valence-electron chi connectivity index (χ4n) is 7.96. The van der Waals surface area contributed by atoms with Crippen LogP contribution >= 0.6 is 0 Å². The third-order valence-electron chi connectivity index (χ3n) is 9.42. The zero-order valence-electron chi connectivity index (χ0n) is 20.3. The summed E-state index contributed by atoms with van der Waals surface area (Å²) in [5.41, 5.74) is 1.15. The maximum absolute atomic E-state index is 13.5. The fraction of sp³-hybridized carbons (Fsp3) is 0.679. The number of hydrogen-bond donors (Lipinski definition) is 0. The van der Waals surface area contributed by atoms with E-state index >= 15 is 0 Å². The highest BCUT2D eigenvalue weighted by Gasteiger charge is 2.45. The van der Waals surface area contributed by atoms with E-state index in [0.29, 0.717) is 17.6 Å². The van der Waals surface area contributed by atoms with Crippen LogP contribution in [0.4, 0.5) is 0 Å². The molecular weight excluding hydrogens is 426 g/mol. The van der Waals surface area contributed by atoms with Crippen molar-refractivity contribution < 1.29 is 9.53 Å². The van der Waals surface area contributed by atoms with Gasteiger partial charge in [0.25, 0.3) is 5.56 Å². The van der Waals surface area contributed by atoms with Gasteiger partial charge in [0.2, 0.25) is 5.69 Å². The number of piperidine rings is 1. The fourth-order valence-corrected chi connectivity index (χ4v) is 7.96. The summed E-state index contributed by atoms with van der Waals surface area (Å²) in [7, 11) is 0. The molecule has 3 atom stereocenters. The Balaban J connectivity index is 1.29. The van der Waals surface area contributed by atoms with Crippen molar-refractivity contribution in [2.24, 2.45) is 17.8 Å². The van der Waals surface area contributed by atoms with Crippen LogP contribution in [0.25, 0.3) is 11.0 Å². The van der Waals surface area contributed by atoms with E-state index in [-0.39, 0.29) is 23.9 Å². The first-order chi connectivity index (χ1) is 16.6. The van der Waals surface area contributed by atoms with Gasteiger partial charge < -0.3 is 9.30 Å². The maximum atomic E-state index is 13.5. The monoisotopic (exact) mass is 463 g/mol. The maximum Gasteiger partial charge on any atom is 0.362 e. The lowest BCUT2D eigenvalue weighted by atomic mass is 9.64. The number of nitrogens with zero attached hydrogens (tertiary/aromatic N) is 3. The number of carbonyl (C=O) groups is 1. The van der Waals surface area contributed by atoms with E-state index in [1.54, 1.807) is 6.92 Å². The van der Waals surface area contributed by atoms with Gasteiger partial charge in [-0.05, 0) is 62.5 Å². The Morgan fingerprint density at radius 2 is 1.62 bits per heavy atom. The molecule has 34 heavy (non-hydrogen) atoms. The van der Waals surface area contributed by atoms with E-state index in [0.717, 1.165) is 36.1 Å². The quantitative estimate of drug-likeness (QED) is 0.587. The van der Waals surface area contributed by atoms with Crippen molar-refractivity contribution in [2.75, 3.05) is 13.2 Å². The molecule has 4 fully saturated rings. The second-order valence-corrected chi connectivity index (χ2v) is 11.1. The molecule has 2 aliphatic heterocycles. The average molecular weight is 464 g/mol. The number of fused-ring (bicyclic) bond motifs is 5. The Bertz CT molecular complexity index is 1090. The number of esters is 1. The van der Waals surface area contributed by atoms with Crippen molar-refractivity contribution in [1.82, 2.24) is 14.5 Å². The van der Waals surface area contributed by atoms with Gasteiger partial charge in [-0.3, -0.25) is 9.69 Å². The van der Waals surface area contributed by atoms with E-state index in [1.165, 1.54) is 57.9 Å². The van der Waals surface area contributed by atoms with Crippen LogP contribution in [-0.4, -0.2) is 45.7 Å². The van der Waals surface area contributed by atoms with Gasteiger partial charge in [-0.1, -0.05) is 50.7 Å². The summed E-state index contributed by atoms with van der Waals surface area (Å²) in [5.74, 6) is 2.13.